The number of ether oxygens (including phenoxy) is 1. The molecule has 0 spiro atoms. The lowest BCUT2D eigenvalue weighted by molar-refractivity contribution is -0.137. The van der Waals surface area contributed by atoms with Crippen molar-refractivity contribution in [2.24, 2.45) is 0 Å². The summed E-state index contributed by atoms with van der Waals surface area (Å²) in [5.41, 5.74) is 0.937. The van der Waals surface area contributed by atoms with Crippen molar-refractivity contribution < 1.29 is 32.3 Å². The van der Waals surface area contributed by atoms with Crippen molar-refractivity contribution in [3.05, 3.63) is 70.8 Å². The third kappa shape index (κ3) is 7.49. The highest BCUT2D eigenvalue weighted by molar-refractivity contribution is 5.96. The predicted molar refractivity (Wildman–Crippen MR) is 150 cm³/mol. The fourth-order valence-corrected chi connectivity index (χ4v) is 6.24. The highest BCUT2D eigenvalue weighted by Gasteiger charge is 2.33. The van der Waals surface area contributed by atoms with Crippen LogP contribution in [0.1, 0.15) is 69.9 Å². The van der Waals surface area contributed by atoms with Crippen LogP contribution in [-0.4, -0.2) is 85.5 Å². The maximum atomic E-state index is 12.9. The Bertz CT molecular complexity index is 1260. The molecule has 0 radical (unpaired) electrons. The molecule has 0 aromatic heterocycles. The first-order valence-corrected chi connectivity index (χ1v) is 14.6. The van der Waals surface area contributed by atoms with Gasteiger partial charge in [-0.05, 0) is 73.9 Å². The average Bonchev–Trinajstić information content (AvgIpc) is 3.48. The molecule has 8 nitrogen and oxygen atoms in total. The summed E-state index contributed by atoms with van der Waals surface area (Å²) in [6.07, 6.45) is 0.524. The van der Waals surface area contributed by atoms with Crippen molar-refractivity contribution in [1.29, 1.82) is 0 Å². The van der Waals surface area contributed by atoms with E-state index in [0.29, 0.717) is 38.3 Å². The van der Waals surface area contributed by atoms with Crippen molar-refractivity contribution in [2.75, 3.05) is 45.9 Å². The Kier molecular flexibility index (Phi) is 9.47. The number of nitrogens with one attached hydrogen (secondary N) is 2. The maximum absolute atomic E-state index is 12.9. The van der Waals surface area contributed by atoms with Gasteiger partial charge in [0.1, 0.15) is 0 Å². The molecule has 2 aromatic carbocycles. The largest absolute Gasteiger partial charge is 0.416 e. The molecule has 0 bridgehead atoms. The zero-order chi connectivity index (χ0) is 29.7. The Labute approximate surface area is 243 Å². The van der Waals surface area contributed by atoms with Crippen LogP contribution in [0.4, 0.5) is 13.2 Å². The number of hydrogen-bond acceptors (Lipinski definition) is 5. The standard InChI is InChI=1S/C31H37F3N4O4/c32-31(33,34)25-3-1-2-24(18-25)29(40)35-19-28(39)36-26-12-13-38(20-26)27-10-8-22(9-11-27)21-4-6-23(7-5-21)30(41)37-14-16-42-17-15-37/h1-7,18,22,26-27H,8-17,19-20H2,(H,35,40)(H,36,39)/t22?,26-,27?/m1/s1. The van der Waals surface area contributed by atoms with Crippen LogP contribution < -0.4 is 10.6 Å². The zero-order valence-electron chi connectivity index (χ0n) is 23.5. The summed E-state index contributed by atoms with van der Waals surface area (Å²) < 4.78 is 44.1. The van der Waals surface area contributed by atoms with E-state index in [2.05, 4.69) is 27.7 Å². The number of amides is 3. The lowest BCUT2D eigenvalue weighted by atomic mass is 9.81. The number of nitrogens with zero attached hydrogens (tertiary/aromatic N) is 2. The van der Waals surface area contributed by atoms with Crippen LogP contribution in [0.25, 0.3) is 0 Å². The Morgan fingerprint density at radius 2 is 1.60 bits per heavy atom. The molecule has 226 valence electrons. The molecule has 2 aliphatic heterocycles. The highest BCUT2D eigenvalue weighted by atomic mass is 19.4. The van der Waals surface area contributed by atoms with Gasteiger partial charge in [0.15, 0.2) is 0 Å². The molecule has 0 unspecified atom stereocenters. The predicted octanol–water partition coefficient (Wildman–Crippen LogP) is 3.82. The molecular formula is C31H37F3N4O4. The summed E-state index contributed by atoms with van der Waals surface area (Å²) in [6.45, 7) is 3.75. The lowest BCUT2D eigenvalue weighted by Crippen LogP contribution is -2.44. The van der Waals surface area contributed by atoms with E-state index in [1.54, 1.807) is 0 Å². The number of benzene rings is 2. The number of carbonyl (C=O) groups is 3. The lowest BCUT2D eigenvalue weighted by Gasteiger charge is -2.35. The number of likely N-dealkylation sites (tertiary alicyclic amines) is 1. The van der Waals surface area contributed by atoms with Gasteiger partial charge in [-0.15, -0.1) is 0 Å². The molecule has 2 heterocycles. The summed E-state index contributed by atoms with van der Waals surface area (Å²) in [5.74, 6) is -0.560. The minimum Gasteiger partial charge on any atom is -0.378 e. The summed E-state index contributed by atoms with van der Waals surface area (Å²) in [4.78, 5) is 41.7. The van der Waals surface area contributed by atoms with Crippen molar-refractivity contribution >= 4 is 17.7 Å². The van der Waals surface area contributed by atoms with Gasteiger partial charge in [0, 0.05) is 49.4 Å². The van der Waals surface area contributed by atoms with Gasteiger partial charge in [-0.25, -0.2) is 0 Å². The second-order valence-corrected chi connectivity index (χ2v) is 11.3. The molecule has 3 fully saturated rings. The van der Waals surface area contributed by atoms with E-state index >= 15 is 0 Å². The molecule has 2 aromatic rings. The van der Waals surface area contributed by atoms with Gasteiger partial charge in [-0.1, -0.05) is 18.2 Å². The Morgan fingerprint density at radius 1 is 0.881 bits per heavy atom. The van der Waals surface area contributed by atoms with E-state index in [9.17, 15) is 27.6 Å². The van der Waals surface area contributed by atoms with Crippen molar-refractivity contribution in [3.8, 4) is 0 Å². The van der Waals surface area contributed by atoms with Crippen LogP contribution >= 0.6 is 0 Å². The Morgan fingerprint density at radius 3 is 2.29 bits per heavy atom. The van der Waals surface area contributed by atoms with Crippen LogP contribution in [0.5, 0.6) is 0 Å². The Balaban J connectivity index is 1.03. The van der Waals surface area contributed by atoms with Gasteiger partial charge in [0.25, 0.3) is 11.8 Å². The minimum atomic E-state index is -4.54. The third-order valence-electron chi connectivity index (χ3n) is 8.59. The van der Waals surface area contributed by atoms with Crippen LogP contribution in [0.3, 0.4) is 0 Å². The van der Waals surface area contributed by atoms with Crippen molar-refractivity contribution in [1.82, 2.24) is 20.4 Å². The molecule has 1 aliphatic carbocycles. The van der Waals surface area contributed by atoms with E-state index in [-0.39, 0.29) is 30.0 Å². The quantitative estimate of drug-likeness (QED) is 0.515. The first-order chi connectivity index (χ1) is 20.2. The number of carbonyl (C=O) groups excluding carboxylic acids is 3. The number of halogens is 3. The van der Waals surface area contributed by atoms with Crippen LogP contribution in [-0.2, 0) is 15.7 Å². The summed E-state index contributed by atoms with van der Waals surface area (Å²) in [6, 6.07) is 12.6. The number of morpholine rings is 1. The molecule has 3 amide bonds. The van der Waals surface area contributed by atoms with Crippen LogP contribution in [0.2, 0.25) is 0 Å². The van der Waals surface area contributed by atoms with Gasteiger partial charge in [0.2, 0.25) is 5.91 Å². The van der Waals surface area contributed by atoms with E-state index in [4.69, 9.17) is 4.74 Å². The molecule has 2 N–H and O–H groups in total. The SMILES string of the molecule is O=C(CNC(=O)c1cccc(C(F)(F)F)c1)N[C@@H]1CCN(C2CCC(c3ccc(C(=O)N4CCOCC4)cc3)CC2)C1. The number of alkyl halides is 3. The highest BCUT2D eigenvalue weighted by Crippen LogP contribution is 2.36. The van der Waals surface area contributed by atoms with Crippen molar-refractivity contribution in [3.63, 3.8) is 0 Å². The summed E-state index contributed by atoms with van der Waals surface area (Å²) in [5, 5.41) is 5.36. The Hall–Kier alpha value is -3.44. The van der Waals surface area contributed by atoms with E-state index in [1.807, 2.05) is 17.0 Å². The maximum Gasteiger partial charge on any atom is 0.416 e. The molecule has 2 saturated heterocycles. The number of rotatable bonds is 7. The summed E-state index contributed by atoms with van der Waals surface area (Å²) in [7, 11) is 0. The smallest absolute Gasteiger partial charge is 0.378 e. The summed E-state index contributed by atoms with van der Waals surface area (Å²) >= 11 is 0. The van der Waals surface area contributed by atoms with Crippen molar-refractivity contribution in [2.45, 2.75) is 56.3 Å². The second-order valence-electron chi connectivity index (χ2n) is 11.3. The fraction of sp³-hybridized carbons (Fsp3) is 0.516. The van der Waals surface area contributed by atoms with E-state index < -0.39 is 17.6 Å². The molecule has 11 heteroatoms. The van der Waals surface area contributed by atoms with Gasteiger partial charge in [-0.2, -0.15) is 13.2 Å². The molecular weight excluding hydrogens is 549 g/mol. The van der Waals surface area contributed by atoms with Gasteiger partial charge in [-0.3, -0.25) is 19.3 Å². The van der Waals surface area contributed by atoms with Gasteiger partial charge < -0.3 is 20.3 Å². The van der Waals surface area contributed by atoms with Gasteiger partial charge in [0.05, 0.1) is 25.3 Å². The zero-order valence-corrected chi connectivity index (χ0v) is 23.5. The first kappa shape index (κ1) is 30.0. The second kappa shape index (κ2) is 13.2. The molecule has 1 atom stereocenters. The normalized spacial score (nSPS) is 23.4. The molecule has 3 aliphatic rings. The topological polar surface area (TPSA) is 91.0 Å². The molecule has 42 heavy (non-hydrogen) atoms. The third-order valence-corrected chi connectivity index (χ3v) is 8.59. The molecule has 1 saturated carbocycles. The first-order valence-electron chi connectivity index (χ1n) is 14.6. The van der Waals surface area contributed by atoms with Gasteiger partial charge >= 0.3 is 6.18 Å². The monoisotopic (exact) mass is 586 g/mol. The van der Waals surface area contributed by atoms with E-state index in [0.717, 1.165) is 62.9 Å². The average molecular weight is 587 g/mol. The minimum absolute atomic E-state index is 0.0303. The van der Waals surface area contributed by atoms with Crippen LogP contribution in [0, 0.1) is 0 Å². The molecule has 5 rings (SSSR count). The van der Waals surface area contributed by atoms with Crippen LogP contribution in [0.15, 0.2) is 48.5 Å². The number of hydrogen-bond donors (Lipinski definition) is 2. The fourth-order valence-electron chi connectivity index (χ4n) is 6.24. The van der Waals surface area contributed by atoms with E-state index in [1.165, 1.54) is 17.7 Å².